The second-order valence-corrected chi connectivity index (χ2v) is 4.89. The molecule has 1 unspecified atom stereocenters. The Balaban J connectivity index is 2.57. The number of rotatable bonds is 7. The van der Waals surface area contributed by atoms with Crippen molar-refractivity contribution in [1.29, 1.82) is 0 Å². The Labute approximate surface area is 109 Å². The number of hydrogen-bond acceptors (Lipinski definition) is 2. The van der Waals surface area contributed by atoms with Crippen molar-refractivity contribution in [3.63, 3.8) is 0 Å². The molecule has 0 spiro atoms. The lowest BCUT2D eigenvalue weighted by Crippen LogP contribution is -2.31. The summed E-state index contributed by atoms with van der Waals surface area (Å²) in [6, 6.07) is 4.00. The van der Waals surface area contributed by atoms with Crippen molar-refractivity contribution < 1.29 is 9.90 Å². The van der Waals surface area contributed by atoms with Crippen LogP contribution in [0.2, 0.25) is 0 Å². The molecular weight excluding hydrogens is 228 g/mol. The Hall–Kier alpha value is -1.29. The topological polar surface area (TPSA) is 54.3 Å². The minimum atomic E-state index is -0.0370. The molecule has 1 heterocycles. The molecule has 102 valence electrons. The van der Waals surface area contributed by atoms with Crippen LogP contribution in [-0.4, -0.2) is 28.7 Å². The van der Waals surface area contributed by atoms with Crippen molar-refractivity contribution >= 4 is 5.91 Å². The van der Waals surface area contributed by atoms with Crippen LogP contribution in [0.15, 0.2) is 18.3 Å². The van der Waals surface area contributed by atoms with Crippen LogP contribution in [0.3, 0.4) is 0 Å². The Kier molecular flexibility index (Phi) is 5.92. The van der Waals surface area contributed by atoms with Crippen LogP contribution < -0.4 is 5.32 Å². The predicted molar refractivity (Wildman–Crippen MR) is 72.6 cm³/mol. The third-order valence-corrected chi connectivity index (χ3v) is 3.23. The fourth-order valence-corrected chi connectivity index (χ4v) is 2.00. The van der Waals surface area contributed by atoms with E-state index in [0.29, 0.717) is 18.2 Å². The van der Waals surface area contributed by atoms with E-state index in [2.05, 4.69) is 26.1 Å². The SMILES string of the molecule is CCC(CCO)CNC(=O)c1cccn1C(C)C. The number of nitrogens with zero attached hydrogens (tertiary/aromatic N) is 1. The molecule has 0 bridgehead atoms. The molecule has 1 rings (SSSR count). The van der Waals surface area contributed by atoms with Gasteiger partial charge in [0.1, 0.15) is 5.69 Å². The highest BCUT2D eigenvalue weighted by atomic mass is 16.3. The van der Waals surface area contributed by atoms with E-state index >= 15 is 0 Å². The molecule has 4 nitrogen and oxygen atoms in total. The van der Waals surface area contributed by atoms with E-state index in [1.165, 1.54) is 0 Å². The summed E-state index contributed by atoms with van der Waals surface area (Å²) in [6.07, 6.45) is 3.62. The van der Waals surface area contributed by atoms with Gasteiger partial charge in [0.2, 0.25) is 0 Å². The van der Waals surface area contributed by atoms with Crippen molar-refractivity contribution in [2.75, 3.05) is 13.2 Å². The lowest BCUT2D eigenvalue weighted by atomic mass is 10.0. The van der Waals surface area contributed by atoms with Gasteiger partial charge in [-0.05, 0) is 38.3 Å². The van der Waals surface area contributed by atoms with E-state index < -0.39 is 0 Å². The molecule has 0 saturated heterocycles. The summed E-state index contributed by atoms with van der Waals surface area (Å²) in [5, 5.41) is 11.9. The van der Waals surface area contributed by atoms with Gasteiger partial charge in [-0.3, -0.25) is 4.79 Å². The van der Waals surface area contributed by atoms with Crippen LogP contribution in [0.5, 0.6) is 0 Å². The molecule has 0 aliphatic carbocycles. The third-order valence-electron chi connectivity index (χ3n) is 3.23. The zero-order chi connectivity index (χ0) is 13.5. The van der Waals surface area contributed by atoms with Gasteiger partial charge >= 0.3 is 0 Å². The standard InChI is InChI=1S/C14H24N2O2/c1-4-12(7-9-17)10-15-14(18)13-6-5-8-16(13)11(2)3/h5-6,8,11-12,17H,4,7,9-10H2,1-3H3,(H,15,18). The highest BCUT2D eigenvalue weighted by Gasteiger charge is 2.14. The highest BCUT2D eigenvalue weighted by molar-refractivity contribution is 5.92. The molecule has 4 heteroatoms. The van der Waals surface area contributed by atoms with E-state index in [0.717, 1.165) is 12.8 Å². The third kappa shape index (κ3) is 3.88. The molecule has 2 N–H and O–H groups in total. The summed E-state index contributed by atoms with van der Waals surface area (Å²) in [6.45, 7) is 6.98. The summed E-state index contributed by atoms with van der Waals surface area (Å²) in [4.78, 5) is 12.1. The first kappa shape index (κ1) is 14.8. The molecule has 1 atom stereocenters. The van der Waals surface area contributed by atoms with E-state index in [-0.39, 0.29) is 18.6 Å². The van der Waals surface area contributed by atoms with Gasteiger partial charge in [0.05, 0.1) is 0 Å². The van der Waals surface area contributed by atoms with Crippen molar-refractivity contribution in [3.8, 4) is 0 Å². The molecule has 1 aromatic rings. The van der Waals surface area contributed by atoms with Crippen molar-refractivity contribution in [2.24, 2.45) is 5.92 Å². The van der Waals surface area contributed by atoms with Crippen LogP contribution in [0.1, 0.15) is 50.1 Å². The Morgan fingerprint density at radius 2 is 2.22 bits per heavy atom. The van der Waals surface area contributed by atoms with Crippen LogP contribution in [0, 0.1) is 5.92 Å². The highest BCUT2D eigenvalue weighted by Crippen LogP contribution is 2.11. The first-order valence-corrected chi connectivity index (χ1v) is 6.66. The first-order valence-electron chi connectivity index (χ1n) is 6.66. The van der Waals surface area contributed by atoms with E-state index in [9.17, 15) is 4.79 Å². The number of nitrogens with one attached hydrogen (secondary N) is 1. The maximum Gasteiger partial charge on any atom is 0.267 e. The summed E-state index contributed by atoms with van der Waals surface area (Å²) < 4.78 is 1.96. The van der Waals surface area contributed by atoms with Gasteiger partial charge in [-0.25, -0.2) is 0 Å². The quantitative estimate of drug-likeness (QED) is 0.781. The second-order valence-electron chi connectivity index (χ2n) is 4.89. The second kappa shape index (κ2) is 7.21. The molecule has 0 aliphatic rings. The molecule has 1 amide bonds. The van der Waals surface area contributed by atoms with Crippen LogP contribution >= 0.6 is 0 Å². The predicted octanol–water partition coefficient (Wildman–Crippen LogP) is 2.21. The van der Waals surface area contributed by atoms with Crippen molar-refractivity contribution in [3.05, 3.63) is 24.0 Å². The van der Waals surface area contributed by atoms with E-state index in [4.69, 9.17) is 5.11 Å². The van der Waals surface area contributed by atoms with Gasteiger partial charge in [0.25, 0.3) is 5.91 Å². The van der Waals surface area contributed by atoms with Gasteiger partial charge in [-0.1, -0.05) is 13.3 Å². The maximum atomic E-state index is 12.1. The van der Waals surface area contributed by atoms with Crippen LogP contribution in [0.25, 0.3) is 0 Å². The maximum absolute atomic E-state index is 12.1. The molecular formula is C14H24N2O2. The number of aromatic nitrogens is 1. The van der Waals surface area contributed by atoms with Gasteiger partial charge in [0, 0.05) is 25.4 Å². The average Bonchev–Trinajstić information content (AvgIpc) is 2.83. The number of amides is 1. The number of carbonyl (C=O) groups excluding carboxylic acids is 1. The fourth-order valence-electron chi connectivity index (χ4n) is 2.00. The molecule has 0 aliphatic heterocycles. The fraction of sp³-hybridized carbons (Fsp3) is 0.643. The van der Waals surface area contributed by atoms with Gasteiger partial charge < -0.3 is 15.0 Å². The van der Waals surface area contributed by atoms with Crippen LogP contribution in [-0.2, 0) is 0 Å². The smallest absolute Gasteiger partial charge is 0.267 e. The van der Waals surface area contributed by atoms with Crippen molar-refractivity contribution in [1.82, 2.24) is 9.88 Å². The molecule has 0 saturated carbocycles. The summed E-state index contributed by atoms with van der Waals surface area (Å²) in [5.41, 5.74) is 0.698. The Morgan fingerprint density at radius 1 is 1.50 bits per heavy atom. The summed E-state index contributed by atoms with van der Waals surface area (Å²) in [7, 11) is 0. The minimum absolute atomic E-state index is 0.0370. The largest absolute Gasteiger partial charge is 0.396 e. The minimum Gasteiger partial charge on any atom is -0.396 e. The molecule has 0 radical (unpaired) electrons. The van der Waals surface area contributed by atoms with E-state index in [1.807, 2.05) is 22.9 Å². The van der Waals surface area contributed by atoms with Crippen molar-refractivity contribution in [2.45, 2.75) is 39.7 Å². The number of hydrogen-bond donors (Lipinski definition) is 2. The van der Waals surface area contributed by atoms with Gasteiger partial charge in [-0.2, -0.15) is 0 Å². The molecule has 0 fully saturated rings. The number of aliphatic hydroxyl groups excluding tert-OH is 1. The molecule has 18 heavy (non-hydrogen) atoms. The number of aliphatic hydroxyl groups is 1. The Bertz CT molecular complexity index is 372. The van der Waals surface area contributed by atoms with E-state index in [1.54, 1.807) is 0 Å². The van der Waals surface area contributed by atoms with Crippen LogP contribution in [0.4, 0.5) is 0 Å². The average molecular weight is 252 g/mol. The van der Waals surface area contributed by atoms with Gasteiger partial charge in [-0.15, -0.1) is 0 Å². The Morgan fingerprint density at radius 3 is 2.78 bits per heavy atom. The first-order chi connectivity index (χ1) is 8.60. The monoisotopic (exact) mass is 252 g/mol. The zero-order valence-corrected chi connectivity index (χ0v) is 11.5. The lowest BCUT2D eigenvalue weighted by Gasteiger charge is -2.16. The zero-order valence-electron chi connectivity index (χ0n) is 11.5. The molecule has 1 aromatic heterocycles. The summed E-state index contributed by atoms with van der Waals surface area (Å²) >= 11 is 0. The molecule has 0 aromatic carbocycles. The number of carbonyl (C=O) groups is 1. The lowest BCUT2D eigenvalue weighted by molar-refractivity contribution is 0.0933. The summed E-state index contributed by atoms with van der Waals surface area (Å²) in [5.74, 6) is 0.312. The van der Waals surface area contributed by atoms with Gasteiger partial charge in [0.15, 0.2) is 0 Å². The normalized spacial score (nSPS) is 12.7.